The van der Waals surface area contributed by atoms with Crippen molar-refractivity contribution >= 4 is 34.9 Å². The van der Waals surface area contributed by atoms with Crippen LogP contribution >= 0.6 is 0 Å². The number of ether oxygens (including phenoxy) is 1. The number of carboxylic acids is 4. The highest BCUT2D eigenvalue weighted by Gasteiger charge is 2.08. The van der Waals surface area contributed by atoms with E-state index < -0.39 is 23.9 Å². The van der Waals surface area contributed by atoms with E-state index in [1.54, 1.807) is 7.11 Å². The van der Waals surface area contributed by atoms with Crippen molar-refractivity contribution in [3.05, 3.63) is 60.4 Å². The summed E-state index contributed by atoms with van der Waals surface area (Å²) in [6.45, 7) is 3.05. The fourth-order valence-electron chi connectivity index (χ4n) is 2.51. The van der Waals surface area contributed by atoms with Crippen LogP contribution in [0.1, 0.15) is 5.56 Å². The number of carbonyl (C=O) groups is 4. The van der Waals surface area contributed by atoms with Gasteiger partial charge in [-0.25, -0.2) is 19.1 Å². The van der Waals surface area contributed by atoms with Crippen molar-refractivity contribution in [3.63, 3.8) is 0 Å². The number of para-hydroxylation sites is 2. The Hall–Kier alpha value is -4.45. The largest absolute Gasteiger partial charge is 0.539 e. The molecule has 0 spiro atoms. The number of nitrogens with one attached hydrogen (secondary N) is 1. The topological polar surface area (TPSA) is 200 Å². The number of methoxy groups -OCH3 is 1. The van der Waals surface area contributed by atoms with Crippen LogP contribution in [-0.4, -0.2) is 52.7 Å². The molecule has 1 heterocycles. The van der Waals surface area contributed by atoms with Crippen LogP contribution in [-0.2, 0) is 32.3 Å². The average molecular weight is 461 g/mol. The Balaban J connectivity index is 0.000000377. The number of quaternary nitrogens is 1. The Kier molecular flexibility index (Phi) is 11.1. The van der Waals surface area contributed by atoms with Gasteiger partial charge in [0, 0.05) is 5.56 Å². The summed E-state index contributed by atoms with van der Waals surface area (Å²) in [5, 5.41) is 35.0. The van der Waals surface area contributed by atoms with E-state index in [9.17, 15) is 0 Å². The molecule has 0 aliphatic heterocycles. The summed E-state index contributed by atoms with van der Waals surface area (Å²) in [5.74, 6) is -7.11. The number of nitrogens with zero attached hydrogens (tertiary/aromatic N) is 1. The molecule has 12 nitrogen and oxygen atoms in total. The van der Waals surface area contributed by atoms with Crippen LogP contribution in [0.2, 0.25) is 0 Å². The third-order valence-corrected chi connectivity index (χ3v) is 4.05. The summed E-state index contributed by atoms with van der Waals surface area (Å²) < 4.78 is 7.43. The number of imidazole rings is 1. The van der Waals surface area contributed by atoms with Gasteiger partial charge in [-0.1, -0.05) is 12.1 Å². The van der Waals surface area contributed by atoms with Crippen molar-refractivity contribution in [3.8, 4) is 5.75 Å². The standard InChI is InChI=1S/C17H19N3O.2C2H2O4/c1-21-15-8-6-14(7-9-15)12-18-10-11-20-13-19-16-4-2-3-5-17(16)20;2*3-1(4)2(5)6/h2-9,13,18H,10-12H2,1H3;2*(H,3,4)(H,5,6). The second-order valence-corrected chi connectivity index (χ2v) is 6.30. The molecule has 12 heteroatoms. The van der Waals surface area contributed by atoms with Gasteiger partial charge in [-0.05, 0) is 36.4 Å². The number of H-pyrrole nitrogens is 1. The van der Waals surface area contributed by atoms with Crippen LogP contribution in [0.4, 0.5) is 0 Å². The van der Waals surface area contributed by atoms with Gasteiger partial charge < -0.3 is 40.1 Å². The third-order valence-electron chi connectivity index (χ3n) is 4.05. The molecule has 176 valence electrons. The molecule has 3 rings (SSSR count). The van der Waals surface area contributed by atoms with Crippen molar-refractivity contribution in [2.75, 3.05) is 13.7 Å². The van der Waals surface area contributed by atoms with E-state index in [2.05, 4.69) is 51.3 Å². The van der Waals surface area contributed by atoms with E-state index in [-0.39, 0.29) is 0 Å². The Labute approximate surface area is 187 Å². The van der Waals surface area contributed by atoms with Gasteiger partial charge in [0.1, 0.15) is 25.4 Å². The number of carboxylic acid groups (broad SMARTS) is 4. The van der Waals surface area contributed by atoms with E-state index in [0.717, 1.165) is 25.4 Å². The van der Waals surface area contributed by atoms with Gasteiger partial charge in [0.25, 0.3) is 0 Å². The third kappa shape index (κ3) is 9.93. The molecular weight excluding hydrogens is 438 g/mol. The maximum absolute atomic E-state index is 9.04. The highest BCUT2D eigenvalue weighted by atomic mass is 16.5. The average Bonchev–Trinajstić information content (AvgIpc) is 3.21. The van der Waals surface area contributed by atoms with Crippen LogP contribution in [0.5, 0.6) is 5.75 Å². The number of carbonyl (C=O) groups excluding carboxylic acids is 2. The molecule has 33 heavy (non-hydrogen) atoms. The van der Waals surface area contributed by atoms with E-state index in [1.165, 1.54) is 16.6 Å². The lowest BCUT2D eigenvalue weighted by molar-refractivity contribution is -0.745. The molecule has 2 aromatic carbocycles. The SMILES string of the molecule is COc1ccc(C[NH2+]CC[n+]2c[nH]c3ccccc32)cc1.O=C([O-])C(=O)O.O=C([O-])C(=O)O. The normalized spacial score (nSPS) is 9.61. The lowest BCUT2D eigenvalue weighted by Crippen LogP contribution is -2.84. The van der Waals surface area contributed by atoms with Gasteiger partial charge in [-0.15, -0.1) is 0 Å². The number of rotatable bonds is 6. The summed E-state index contributed by atoms with van der Waals surface area (Å²) in [5.41, 5.74) is 3.77. The fourth-order valence-corrected chi connectivity index (χ4v) is 2.51. The first kappa shape index (κ1) is 26.6. The van der Waals surface area contributed by atoms with E-state index in [1.807, 2.05) is 18.5 Å². The number of aliphatic carboxylic acids is 4. The predicted octanol–water partition coefficient (Wildman–Crippen LogP) is -3.13. The van der Waals surface area contributed by atoms with Gasteiger partial charge in [0.2, 0.25) is 6.33 Å². The molecule has 0 unspecified atom stereocenters. The van der Waals surface area contributed by atoms with E-state index in [4.69, 9.17) is 44.3 Å². The maximum atomic E-state index is 9.04. The summed E-state index contributed by atoms with van der Waals surface area (Å²) in [4.78, 5) is 39.3. The molecule has 0 bridgehead atoms. The number of benzene rings is 2. The Morgan fingerprint density at radius 3 is 2.03 bits per heavy atom. The summed E-state index contributed by atoms with van der Waals surface area (Å²) in [6, 6.07) is 16.6. The van der Waals surface area contributed by atoms with Crippen LogP contribution in [0.25, 0.3) is 11.0 Å². The van der Waals surface area contributed by atoms with E-state index in [0.29, 0.717) is 0 Å². The number of nitrogens with two attached hydrogens (primary N) is 1. The molecule has 1 aromatic heterocycles. The zero-order chi connectivity index (χ0) is 24.8. The first-order valence-corrected chi connectivity index (χ1v) is 9.44. The Morgan fingerprint density at radius 2 is 1.52 bits per heavy atom. The van der Waals surface area contributed by atoms with Crippen molar-refractivity contribution in [2.24, 2.45) is 0 Å². The van der Waals surface area contributed by atoms with Crippen LogP contribution in [0, 0.1) is 0 Å². The van der Waals surface area contributed by atoms with Crippen LogP contribution in [0.3, 0.4) is 0 Å². The highest BCUT2D eigenvalue weighted by Crippen LogP contribution is 2.10. The second kappa shape index (κ2) is 13.8. The van der Waals surface area contributed by atoms with Gasteiger partial charge in [0.15, 0.2) is 23.0 Å². The maximum Gasteiger partial charge on any atom is 0.351 e. The summed E-state index contributed by atoms with van der Waals surface area (Å²) in [6.07, 6.45) is 2.05. The van der Waals surface area contributed by atoms with Crippen molar-refractivity contribution in [2.45, 2.75) is 13.1 Å². The van der Waals surface area contributed by atoms with Gasteiger partial charge >= 0.3 is 11.9 Å². The fraction of sp³-hybridized carbons (Fsp3) is 0.190. The molecule has 0 saturated carbocycles. The number of hydrogen-bond acceptors (Lipinski definition) is 7. The highest BCUT2D eigenvalue weighted by molar-refractivity contribution is 6.26. The summed E-state index contributed by atoms with van der Waals surface area (Å²) >= 11 is 0. The molecule has 0 saturated heterocycles. The number of hydrogen-bond donors (Lipinski definition) is 4. The molecule has 0 amide bonds. The van der Waals surface area contributed by atoms with Gasteiger partial charge in [-0.2, -0.15) is 0 Å². The number of aromatic amines is 1. The first-order chi connectivity index (χ1) is 15.6. The monoisotopic (exact) mass is 461 g/mol. The molecular formula is C21H23N3O9. The van der Waals surface area contributed by atoms with Gasteiger partial charge in [0.05, 0.1) is 7.11 Å². The number of aromatic nitrogens is 2. The minimum atomic E-state index is -2.07. The molecule has 0 fully saturated rings. The molecule has 0 aliphatic carbocycles. The van der Waals surface area contributed by atoms with Crippen molar-refractivity contribution in [1.82, 2.24) is 4.98 Å². The van der Waals surface area contributed by atoms with Crippen LogP contribution in [0.15, 0.2) is 54.9 Å². The Bertz CT molecular complexity index is 1030. The molecule has 0 radical (unpaired) electrons. The summed E-state index contributed by atoms with van der Waals surface area (Å²) in [7, 11) is 1.69. The minimum Gasteiger partial charge on any atom is -0.539 e. The molecule has 3 aromatic rings. The molecule has 0 atom stereocenters. The lowest BCUT2D eigenvalue weighted by Gasteiger charge is -2.03. The second-order valence-electron chi connectivity index (χ2n) is 6.30. The minimum absolute atomic E-state index is 0.910. The smallest absolute Gasteiger partial charge is 0.351 e. The zero-order valence-electron chi connectivity index (χ0n) is 17.6. The quantitative estimate of drug-likeness (QED) is 0.166. The zero-order valence-corrected chi connectivity index (χ0v) is 17.6. The lowest BCUT2D eigenvalue weighted by atomic mass is 10.2. The predicted molar refractivity (Wildman–Crippen MR) is 107 cm³/mol. The van der Waals surface area contributed by atoms with Gasteiger partial charge in [-0.3, -0.25) is 0 Å². The van der Waals surface area contributed by atoms with Crippen LogP contribution < -0.4 is 24.8 Å². The van der Waals surface area contributed by atoms with Crippen molar-refractivity contribution < 1.29 is 54.2 Å². The first-order valence-electron chi connectivity index (χ1n) is 9.44. The number of fused-ring (bicyclic) bond motifs is 1. The molecule has 5 N–H and O–H groups in total. The Morgan fingerprint density at radius 1 is 0.970 bits per heavy atom. The van der Waals surface area contributed by atoms with Crippen molar-refractivity contribution in [1.29, 1.82) is 0 Å². The molecule has 0 aliphatic rings. The van der Waals surface area contributed by atoms with E-state index >= 15 is 0 Å².